The normalized spacial score (nSPS) is 29.1. The Balaban J connectivity index is 2.92. The second kappa shape index (κ2) is 2.54. The van der Waals surface area contributed by atoms with Gasteiger partial charge in [-0.15, -0.1) is 0 Å². The van der Waals surface area contributed by atoms with E-state index in [2.05, 4.69) is 5.32 Å². The number of dihydropyridines is 1. The van der Waals surface area contributed by atoms with Gasteiger partial charge in [-0.1, -0.05) is 11.6 Å². The molecular weight excluding hydrogens is 171 g/mol. The first-order valence-corrected chi connectivity index (χ1v) is 3.24. The zero-order chi connectivity index (χ0) is 8.48. The third-order valence-corrected chi connectivity index (χ3v) is 1.64. The summed E-state index contributed by atoms with van der Waals surface area (Å²) in [5, 5.41) is 2.42. The zero-order valence-electron chi connectivity index (χ0n) is 5.47. The van der Waals surface area contributed by atoms with E-state index in [0.29, 0.717) is 0 Å². The first kappa shape index (κ1) is 8.07. The molecule has 0 fully saturated rings. The van der Waals surface area contributed by atoms with Crippen LogP contribution in [0.5, 0.6) is 0 Å². The maximum Gasteiger partial charge on any atom is 0.263 e. The van der Waals surface area contributed by atoms with Crippen LogP contribution in [0.3, 0.4) is 0 Å². The van der Waals surface area contributed by atoms with Crippen LogP contribution in [0.2, 0.25) is 0 Å². The molecule has 1 rings (SSSR count). The molecule has 3 N–H and O–H groups in total. The van der Waals surface area contributed by atoms with Crippen molar-refractivity contribution in [2.75, 3.05) is 0 Å². The molecule has 0 aromatic rings. The molecule has 0 bridgehead atoms. The molecule has 1 atom stereocenters. The Morgan fingerprint density at radius 1 is 1.82 bits per heavy atom. The Kier molecular flexibility index (Phi) is 1.87. The predicted octanol–water partition coefficient (Wildman–Crippen LogP) is 0.377. The summed E-state index contributed by atoms with van der Waals surface area (Å²) >= 11 is 5.55. The second-order valence-corrected chi connectivity index (χ2v) is 2.68. The monoisotopic (exact) mass is 176 g/mol. The van der Waals surface area contributed by atoms with Gasteiger partial charge in [-0.25, -0.2) is 4.39 Å². The quantitative estimate of drug-likeness (QED) is 0.448. The molecule has 0 saturated heterocycles. The lowest BCUT2D eigenvalue weighted by Gasteiger charge is -2.21. The van der Waals surface area contributed by atoms with Crippen molar-refractivity contribution < 1.29 is 9.18 Å². The zero-order valence-corrected chi connectivity index (χ0v) is 6.23. The molecular formula is C6H6ClFN2O. The van der Waals surface area contributed by atoms with E-state index in [1.54, 1.807) is 0 Å². The average molecular weight is 177 g/mol. The van der Waals surface area contributed by atoms with Gasteiger partial charge in [0.1, 0.15) is 5.83 Å². The number of primary amides is 1. The van der Waals surface area contributed by atoms with Crippen molar-refractivity contribution in [1.29, 1.82) is 0 Å². The molecule has 1 aliphatic heterocycles. The molecule has 0 saturated carbocycles. The Bertz CT molecular complexity index is 251. The van der Waals surface area contributed by atoms with Gasteiger partial charge < -0.3 is 11.1 Å². The first-order valence-electron chi connectivity index (χ1n) is 2.86. The molecule has 1 unspecified atom stereocenters. The molecule has 0 aliphatic carbocycles. The number of halogens is 2. The Labute approximate surface area is 67.7 Å². The van der Waals surface area contributed by atoms with E-state index in [1.807, 2.05) is 0 Å². The van der Waals surface area contributed by atoms with E-state index in [-0.39, 0.29) is 0 Å². The highest BCUT2D eigenvalue weighted by molar-refractivity contribution is 6.36. The van der Waals surface area contributed by atoms with Crippen molar-refractivity contribution in [3.63, 3.8) is 0 Å². The number of carbonyl (C=O) groups excluding carboxylic acids is 1. The van der Waals surface area contributed by atoms with Gasteiger partial charge >= 0.3 is 0 Å². The Hall–Kier alpha value is -1.03. The minimum Gasteiger partial charge on any atom is -0.366 e. The molecule has 0 aromatic heterocycles. The summed E-state index contributed by atoms with van der Waals surface area (Å²) in [6.45, 7) is 0. The standard InChI is InChI=1S/C6H6ClFN2O/c7-6(5(9)11)3-4(8)1-2-10-6/h1-3,10H,(H2,9,11). The van der Waals surface area contributed by atoms with Gasteiger partial charge in [0.25, 0.3) is 5.91 Å². The number of amides is 1. The van der Waals surface area contributed by atoms with E-state index < -0.39 is 16.7 Å². The fourth-order valence-electron chi connectivity index (χ4n) is 0.665. The van der Waals surface area contributed by atoms with Crippen LogP contribution >= 0.6 is 11.6 Å². The SMILES string of the molecule is NC(=O)C1(Cl)C=C(F)C=CN1. The molecule has 1 heterocycles. The van der Waals surface area contributed by atoms with Crippen molar-refractivity contribution in [2.24, 2.45) is 5.73 Å². The number of hydrogen-bond acceptors (Lipinski definition) is 2. The van der Waals surface area contributed by atoms with Gasteiger partial charge in [-0.2, -0.15) is 0 Å². The number of nitrogens with one attached hydrogen (secondary N) is 1. The molecule has 11 heavy (non-hydrogen) atoms. The number of carbonyl (C=O) groups is 1. The van der Waals surface area contributed by atoms with Crippen LogP contribution in [0, 0.1) is 0 Å². The summed E-state index contributed by atoms with van der Waals surface area (Å²) in [6.07, 6.45) is 3.29. The summed E-state index contributed by atoms with van der Waals surface area (Å²) in [6, 6.07) is 0. The summed E-state index contributed by atoms with van der Waals surface area (Å²) in [5.74, 6) is -1.42. The topological polar surface area (TPSA) is 55.1 Å². The lowest BCUT2D eigenvalue weighted by Crippen LogP contribution is -2.48. The molecule has 0 radical (unpaired) electrons. The molecule has 5 heteroatoms. The lowest BCUT2D eigenvalue weighted by molar-refractivity contribution is -0.119. The predicted molar refractivity (Wildman–Crippen MR) is 39.2 cm³/mol. The van der Waals surface area contributed by atoms with Gasteiger partial charge in [0.05, 0.1) is 0 Å². The van der Waals surface area contributed by atoms with Crippen molar-refractivity contribution in [3.8, 4) is 0 Å². The summed E-state index contributed by atoms with van der Waals surface area (Å²) in [7, 11) is 0. The van der Waals surface area contributed by atoms with E-state index in [4.69, 9.17) is 17.3 Å². The van der Waals surface area contributed by atoms with Crippen LogP contribution in [0.4, 0.5) is 4.39 Å². The smallest absolute Gasteiger partial charge is 0.263 e. The average Bonchev–Trinajstić information content (AvgIpc) is 1.86. The number of rotatable bonds is 1. The van der Waals surface area contributed by atoms with Crippen LogP contribution in [0.25, 0.3) is 0 Å². The van der Waals surface area contributed by atoms with Gasteiger partial charge in [-0.3, -0.25) is 4.79 Å². The van der Waals surface area contributed by atoms with Crippen molar-refractivity contribution in [1.82, 2.24) is 5.32 Å². The Morgan fingerprint density at radius 2 is 2.45 bits per heavy atom. The number of allylic oxidation sites excluding steroid dienone is 2. The van der Waals surface area contributed by atoms with Gasteiger partial charge in [0, 0.05) is 12.3 Å². The summed E-state index contributed by atoms with van der Waals surface area (Å²) in [4.78, 5) is 8.99. The molecule has 0 aromatic carbocycles. The second-order valence-electron chi connectivity index (χ2n) is 2.08. The van der Waals surface area contributed by atoms with Crippen LogP contribution < -0.4 is 11.1 Å². The largest absolute Gasteiger partial charge is 0.366 e. The third-order valence-electron chi connectivity index (χ3n) is 1.23. The fourth-order valence-corrected chi connectivity index (χ4v) is 0.832. The number of alkyl halides is 1. The van der Waals surface area contributed by atoms with E-state index >= 15 is 0 Å². The highest BCUT2D eigenvalue weighted by Crippen LogP contribution is 2.19. The van der Waals surface area contributed by atoms with Gasteiger partial charge in [-0.05, 0) is 6.08 Å². The molecule has 0 spiro atoms. The number of hydrogen-bond donors (Lipinski definition) is 2. The fraction of sp³-hybridized carbons (Fsp3) is 0.167. The Morgan fingerprint density at radius 3 is 2.82 bits per heavy atom. The molecule has 1 amide bonds. The number of nitrogens with two attached hydrogens (primary N) is 1. The highest BCUT2D eigenvalue weighted by Gasteiger charge is 2.32. The van der Waals surface area contributed by atoms with Crippen molar-refractivity contribution in [2.45, 2.75) is 5.00 Å². The van der Waals surface area contributed by atoms with E-state index in [1.165, 1.54) is 6.20 Å². The highest BCUT2D eigenvalue weighted by atomic mass is 35.5. The molecule has 1 aliphatic rings. The van der Waals surface area contributed by atoms with Crippen LogP contribution in [0.15, 0.2) is 24.2 Å². The molecule has 60 valence electrons. The minimum atomic E-state index is -1.61. The van der Waals surface area contributed by atoms with Crippen LogP contribution in [0.1, 0.15) is 0 Å². The van der Waals surface area contributed by atoms with Crippen LogP contribution in [-0.2, 0) is 4.79 Å². The first-order chi connectivity index (χ1) is 5.04. The summed E-state index contributed by atoms with van der Waals surface area (Å²) < 4.78 is 12.5. The van der Waals surface area contributed by atoms with Gasteiger partial charge in [0.15, 0.2) is 0 Å². The maximum atomic E-state index is 12.5. The maximum absolute atomic E-state index is 12.5. The van der Waals surface area contributed by atoms with E-state index in [0.717, 1.165) is 12.2 Å². The third kappa shape index (κ3) is 1.51. The lowest BCUT2D eigenvalue weighted by atomic mass is 10.2. The minimum absolute atomic E-state index is 0.586. The molecule has 3 nitrogen and oxygen atoms in total. The van der Waals surface area contributed by atoms with Crippen molar-refractivity contribution in [3.05, 3.63) is 24.2 Å². The van der Waals surface area contributed by atoms with Gasteiger partial charge in [0.2, 0.25) is 5.00 Å². The summed E-state index contributed by atoms with van der Waals surface area (Å²) in [5.41, 5.74) is 4.89. The van der Waals surface area contributed by atoms with Crippen LogP contribution in [-0.4, -0.2) is 10.9 Å². The van der Waals surface area contributed by atoms with E-state index in [9.17, 15) is 9.18 Å². The van der Waals surface area contributed by atoms with Crippen molar-refractivity contribution >= 4 is 17.5 Å².